The Balaban J connectivity index is 0.00000562. The Kier molecular flexibility index (Phi) is 16.0. The highest BCUT2D eigenvalue weighted by Gasteiger charge is 2.25. The van der Waals surface area contributed by atoms with E-state index in [2.05, 4.69) is 36.4 Å². The summed E-state index contributed by atoms with van der Waals surface area (Å²) in [6.45, 7) is 17.5. The molecule has 1 heterocycles. The van der Waals surface area contributed by atoms with Crippen LogP contribution in [-0.2, 0) is 23.9 Å². The number of amides is 2. The number of carboxylic acid groups (broad SMARTS) is 1. The van der Waals surface area contributed by atoms with E-state index in [9.17, 15) is 14.4 Å². The molecule has 35 heavy (non-hydrogen) atoms. The molecule has 3 N–H and O–H groups in total. The highest BCUT2D eigenvalue weighted by atomic mass is 16.5. The van der Waals surface area contributed by atoms with Crippen LogP contribution in [0.25, 0.3) is 0 Å². The molecular formula is C26H51N3O6. The zero-order valence-corrected chi connectivity index (χ0v) is 23.4. The lowest BCUT2D eigenvalue weighted by molar-refractivity contribution is -0.141. The van der Waals surface area contributed by atoms with Gasteiger partial charge in [-0.1, -0.05) is 13.8 Å². The van der Waals surface area contributed by atoms with E-state index < -0.39 is 23.5 Å². The second-order valence-corrected chi connectivity index (χ2v) is 10.4. The van der Waals surface area contributed by atoms with Crippen molar-refractivity contribution in [3.8, 4) is 0 Å². The summed E-state index contributed by atoms with van der Waals surface area (Å²) in [7, 11) is 2.16. The Morgan fingerprint density at radius 3 is 2.29 bits per heavy atom. The first-order valence-corrected chi connectivity index (χ1v) is 13.0. The van der Waals surface area contributed by atoms with Gasteiger partial charge in [-0.3, -0.25) is 9.59 Å². The summed E-state index contributed by atoms with van der Waals surface area (Å²) < 4.78 is 12.3. The molecule has 2 atom stereocenters. The number of rotatable bonds is 15. The fraction of sp³-hybridized carbons (Fsp3) is 0.885. The van der Waals surface area contributed by atoms with Gasteiger partial charge in [-0.15, -0.1) is 0 Å². The minimum absolute atomic E-state index is 0.0286. The molecule has 1 saturated heterocycles. The minimum atomic E-state index is -1.15. The lowest BCUT2D eigenvalue weighted by atomic mass is 9.98. The van der Waals surface area contributed by atoms with Crippen LogP contribution >= 0.6 is 0 Å². The molecule has 0 aromatic rings. The maximum absolute atomic E-state index is 12.0. The normalized spacial score (nSPS) is 17.7. The quantitative estimate of drug-likeness (QED) is 0.315. The van der Waals surface area contributed by atoms with Crippen molar-refractivity contribution in [3.63, 3.8) is 0 Å². The van der Waals surface area contributed by atoms with Crippen LogP contribution in [0.5, 0.6) is 0 Å². The predicted octanol–water partition coefficient (Wildman–Crippen LogP) is 3.21. The molecular weight excluding hydrogens is 450 g/mol. The third kappa shape index (κ3) is 16.6. The Bertz CT molecular complexity index is 639. The fourth-order valence-electron chi connectivity index (χ4n) is 3.84. The van der Waals surface area contributed by atoms with E-state index in [4.69, 9.17) is 14.6 Å². The van der Waals surface area contributed by atoms with Crippen molar-refractivity contribution in [2.24, 2.45) is 5.92 Å². The number of hydrogen-bond acceptors (Lipinski definition) is 6. The molecule has 2 unspecified atom stereocenters. The first-order chi connectivity index (χ1) is 16.3. The van der Waals surface area contributed by atoms with E-state index in [1.54, 1.807) is 0 Å². The molecule has 1 aliphatic rings. The molecule has 9 heteroatoms. The molecule has 0 bridgehead atoms. The molecule has 1 rings (SSSR count). The van der Waals surface area contributed by atoms with Gasteiger partial charge in [0, 0.05) is 26.4 Å². The van der Waals surface area contributed by atoms with Gasteiger partial charge in [0.05, 0.1) is 24.4 Å². The predicted molar refractivity (Wildman–Crippen MR) is 138 cm³/mol. The molecule has 1 fully saturated rings. The fourth-order valence-corrected chi connectivity index (χ4v) is 3.84. The molecule has 0 aromatic heterocycles. The minimum Gasteiger partial charge on any atom is -0.480 e. The van der Waals surface area contributed by atoms with Gasteiger partial charge in [0.15, 0.2) is 0 Å². The van der Waals surface area contributed by atoms with Crippen LogP contribution in [-0.4, -0.2) is 84.9 Å². The van der Waals surface area contributed by atoms with Crippen LogP contribution in [0.15, 0.2) is 0 Å². The molecule has 0 aromatic carbocycles. The topological polar surface area (TPSA) is 117 Å². The number of aliphatic carboxylic acids is 1. The third-order valence-electron chi connectivity index (χ3n) is 6.01. The van der Waals surface area contributed by atoms with E-state index in [-0.39, 0.29) is 24.3 Å². The van der Waals surface area contributed by atoms with Crippen LogP contribution in [0, 0.1) is 5.92 Å². The maximum atomic E-state index is 12.0. The lowest BCUT2D eigenvalue weighted by Crippen LogP contribution is -2.41. The van der Waals surface area contributed by atoms with Crippen LogP contribution < -0.4 is 10.6 Å². The van der Waals surface area contributed by atoms with E-state index >= 15 is 0 Å². The van der Waals surface area contributed by atoms with Gasteiger partial charge in [-0.05, 0) is 79.3 Å². The standard InChI is InChI=1S/C24H45N3O6.C2H6/c1-18(28)26-20(22(30)31)9-10-21(29)25-13-11-23(2,3)32-15-12-24(4,5)33-17-19-8-7-14-27(6)16-19;1-2/h19-20H,7-17H2,1-6H3,(H,25,29)(H,26,28)(H,30,31);1-2H3. The van der Waals surface area contributed by atoms with Gasteiger partial charge in [0.1, 0.15) is 6.04 Å². The number of piperidine rings is 1. The Morgan fingerprint density at radius 1 is 1.09 bits per heavy atom. The number of nitrogens with zero attached hydrogens (tertiary/aromatic N) is 1. The van der Waals surface area contributed by atoms with Crippen molar-refractivity contribution in [2.75, 3.05) is 39.9 Å². The summed E-state index contributed by atoms with van der Waals surface area (Å²) in [5.74, 6) is -1.24. The lowest BCUT2D eigenvalue weighted by Gasteiger charge is -2.34. The highest BCUT2D eigenvalue weighted by molar-refractivity contribution is 5.83. The Labute approximate surface area is 212 Å². The van der Waals surface area contributed by atoms with Crippen LogP contribution in [0.1, 0.15) is 87.0 Å². The second kappa shape index (κ2) is 16.9. The number of nitrogens with one attached hydrogen (secondary N) is 2. The van der Waals surface area contributed by atoms with Gasteiger partial charge < -0.3 is 30.1 Å². The smallest absolute Gasteiger partial charge is 0.326 e. The molecule has 0 radical (unpaired) electrons. The van der Waals surface area contributed by atoms with E-state index in [0.717, 1.165) is 19.6 Å². The van der Waals surface area contributed by atoms with Gasteiger partial charge in [0.25, 0.3) is 0 Å². The van der Waals surface area contributed by atoms with Crippen molar-refractivity contribution in [2.45, 2.75) is 104 Å². The van der Waals surface area contributed by atoms with Crippen molar-refractivity contribution in [3.05, 3.63) is 0 Å². The number of carbonyl (C=O) groups excluding carboxylic acids is 2. The van der Waals surface area contributed by atoms with Crippen molar-refractivity contribution in [1.29, 1.82) is 0 Å². The Morgan fingerprint density at radius 2 is 1.71 bits per heavy atom. The van der Waals surface area contributed by atoms with Crippen molar-refractivity contribution in [1.82, 2.24) is 15.5 Å². The first-order valence-electron chi connectivity index (χ1n) is 13.0. The van der Waals surface area contributed by atoms with Gasteiger partial charge in [-0.25, -0.2) is 4.79 Å². The third-order valence-corrected chi connectivity index (χ3v) is 6.01. The van der Waals surface area contributed by atoms with Crippen molar-refractivity contribution >= 4 is 17.8 Å². The zero-order chi connectivity index (χ0) is 27.1. The number of ether oxygens (including phenoxy) is 2. The van der Waals surface area contributed by atoms with E-state index in [0.29, 0.717) is 25.5 Å². The average Bonchev–Trinajstić information content (AvgIpc) is 2.76. The van der Waals surface area contributed by atoms with Crippen molar-refractivity contribution < 1.29 is 29.0 Å². The Hall–Kier alpha value is -1.71. The van der Waals surface area contributed by atoms with Gasteiger partial charge >= 0.3 is 5.97 Å². The summed E-state index contributed by atoms with van der Waals surface area (Å²) >= 11 is 0. The van der Waals surface area contributed by atoms with E-state index in [1.165, 1.54) is 26.3 Å². The van der Waals surface area contributed by atoms with E-state index in [1.807, 2.05) is 27.7 Å². The highest BCUT2D eigenvalue weighted by Crippen LogP contribution is 2.22. The summed E-state index contributed by atoms with van der Waals surface area (Å²) in [5.41, 5.74) is -0.663. The number of carboxylic acids is 1. The first kappa shape index (κ1) is 33.3. The molecule has 2 amide bonds. The molecule has 206 valence electrons. The molecule has 1 aliphatic heterocycles. The largest absolute Gasteiger partial charge is 0.480 e. The number of likely N-dealkylation sites (tertiary alicyclic amines) is 1. The monoisotopic (exact) mass is 501 g/mol. The summed E-state index contributed by atoms with van der Waals surface area (Å²) in [5, 5.41) is 14.2. The average molecular weight is 502 g/mol. The molecule has 0 spiro atoms. The summed E-state index contributed by atoms with van der Waals surface area (Å²) in [4.78, 5) is 36.6. The van der Waals surface area contributed by atoms with Gasteiger partial charge in [-0.2, -0.15) is 0 Å². The van der Waals surface area contributed by atoms with Crippen LogP contribution in [0.2, 0.25) is 0 Å². The van der Waals surface area contributed by atoms with Crippen LogP contribution in [0.4, 0.5) is 0 Å². The zero-order valence-electron chi connectivity index (χ0n) is 23.4. The van der Waals surface area contributed by atoms with Gasteiger partial charge in [0.2, 0.25) is 11.8 Å². The number of carbonyl (C=O) groups is 3. The van der Waals surface area contributed by atoms with Crippen LogP contribution in [0.3, 0.4) is 0 Å². The molecule has 0 aliphatic carbocycles. The molecule has 9 nitrogen and oxygen atoms in total. The molecule has 0 saturated carbocycles. The summed E-state index contributed by atoms with van der Waals surface area (Å²) in [6.07, 6.45) is 3.94. The summed E-state index contributed by atoms with van der Waals surface area (Å²) in [6, 6.07) is -1.06. The SMILES string of the molecule is CC.CC(=O)NC(CCC(=O)NCCC(C)(C)OCCC(C)(C)OCC1CCCN(C)C1)C(=O)O. The maximum Gasteiger partial charge on any atom is 0.326 e. The number of hydrogen-bond donors (Lipinski definition) is 3. The second-order valence-electron chi connectivity index (χ2n) is 10.4.